The molecule has 0 spiro atoms. The van der Waals surface area contributed by atoms with Gasteiger partial charge in [0, 0.05) is 36.2 Å². The van der Waals surface area contributed by atoms with E-state index in [-0.39, 0.29) is 30.1 Å². The number of nitrogens with zero attached hydrogens (tertiary/aromatic N) is 1. The summed E-state index contributed by atoms with van der Waals surface area (Å²) in [6, 6.07) is 5.67. The molecule has 24 heavy (non-hydrogen) atoms. The van der Waals surface area contributed by atoms with E-state index in [4.69, 9.17) is 0 Å². The number of hydrogen-bond acceptors (Lipinski definition) is 3. The van der Waals surface area contributed by atoms with Crippen LogP contribution in [-0.4, -0.2) is 49.9 Å². The quantitative estimate of drug-likeness (QED) is 0.722. The van der Waals surface area contributed by atoms with Crippen molar-refractivity contribution in [3.05, 3.63) is 33.8 Å². The number of benzene rings is 1. The summed E-state index contributed by atoms with van der Waals surface area (Å²) in [6.07, 6.45) is 1.71. The number of carbonyl (C=O) groups excluding carboxylic acids is 2. The summed E-state index contributed by atoms with van der Waals surface area (Å²) in [5.74, 6) is -0.0479. The van der Waals surface area contributed by atoms with Gasteiger partial charge in [-0.2, -0.15) is 0 Å². The van der Waals surface area contributed by atoms with Gasteiger partial charge in [0.2, 0.25) is 5.91 Å². The van der Waals surface area contributed by atoms with Gasteiger partial charge in [0.15, 0.2) is 0 Å². The number of nitrogens with one attached hydrogen (secondary N) is 2. The van der Waals surface area contributed by atoms with Crippen LogP contribution in [0.1, 0.15) is 28.8 Å². The maximum Gasteiger partial charge on any atom is 0.254 e. The maximum atomic E-state index is 12.7. The molecule has 1 fully saturated rings. The summed E-state index contributed by atoms with van der Waals surface area (Å²) in [7, 11) is 1.85. The average Bonchev–Trinajstić information content (AvgIpc) is 2.54. The summed E-state index contributed by atoms with van der Waals surface area (Å²) in [5, 5.41) is 5.93. The highest BCUT2D eigenvalue weighted by Gasteiger charge is 2.29. The molecule has 1 aliphatic rings. The fourth-order valence-corrected chi connectivity index (χ4v) is 3.34. The summed E-state index contributed by atoms with van der Waals surface area (Å²) >= 11 is 3.42. The minimum absolute atomic E-state index is 0. The molecule has 7 heteroatoms. The molecule has 1 aromatic rings. The van der Waals surface area contributed by atoms with Crippen LogP contribution in [-0.2, 0) is 4.79 Å². The molecule has 1 saturated heterocycles. The van der Waals surface area contributed by atoms with Gasteiger partial charge in [-0.25, -0.2) is 0 Å². The Bertz CT molecular complexity index is 583. The standard InChI is InChI=1S/C17H24BrN3O2.ClH/c1-12-10-14(18)5-6-15(12)17(23)21-9-3-4-13(11-21)16(22)20-8-7-19-2;/h5-6,10,13,19H,3-4,7-9,11H2,1-2H3,(H,20,22);1H. The Kier molecular flexibility index (Phi) is 8.73. The van der Waals surface area contributed by atoms with Crippen LogP contribution in [0.2, 0.25) is 0 Å². The van der Waals surface area contributed by atoms with E-state index in [0.29, 0.717) is 25.2 Å². The summed E-state index contributed by atoms with van der Waals surface area (Å²) in [5.41, 5.74) is 1.66. The van der Waals surface area contributed by atoms with E-state index in [9.17, 15) is 9.59 Å². The first-order valence-electron chi connectivity index (χ1n) is 8.00. The van der Waals surface area contributed by atoms with Gasteiger partial charge in [-0.3, -0.25) is 9.59 Å². The van der Waals surface area contributed by atoms with E-state index < -0.39 is 0 Å². The van der Waals surface area contributed by atoms with E-state index >= 15 is 0 Å². The smallest absolute Gasteiger partial charge is 0.254 e. The van der Waals surface area contributed by atoms with Crippen LogP contribution >= 0.6 is 28.3 Å². The third-order valence-electron chi connectivity index (χ3n) is 4.17. The van der Waals surface area contributed by atoms with Crippen molar-refractivity contribution in [3.63, 3.8) is 0 Å². The number of aryl methyl sites for hydroxylation is 1. The Hall–Kier alpha value is -1.11. The number of hydrogen-bond donors (Lipinski definition) is 2. The molecule has 1 heterocycles. The molecule has 1 aromatic carbocycles. The number of likely N-dealkylation sites (tertiary alicyclic amines) is 1. The average molecular weight is 419 g/mol. The monoisotopic (exact) mass is 417 g/mol. The van der Waals surface area contributed by atoms with Gasteiger partial charge in [-0.15, -0.1) is 12.4 Å². The minimum Gasteiger partial charge on any atom is -0.355 e. The Labute approximate surface area is 158 Å². The topological polar surface area (TPSA) is 61.4 Å². The van der Waals surface area contributed by atoms with E-state index in [1.807, 2.05) is 37.1 Å². The first kappa shape index (κ1) is 20.9. The van der Waals surface area contributed by atoms with Gasteiger partial charge in [-0.1, -0.05) is 15.9 Å². The van der Waals surface area contributed by atoms with Crippen molar-refractivity contribution in [2.75, 3.05) is 33.2 Å². The summed E-state index contributed by atoms with van der Waals surface area (Å²) in [6.45, 7) is 4.52. The number of halogens is 2. The Morgan fingerprint density at radius 1 is 1.33 bits per heavy atom. The summed E-state index contributed by atoms with van der Waals surface area (Å²) < 4.78 is 0.965. The SMILES string of the molecule is CNCCNC(=O)C1CCCN(C(=O)c2ccc(Br)cc2C)C1.Cl. The predicted molar refractivity (Wildman–Crippen MR) is 102 cm³/mol. The van der Waals surface area contributed by atoms with Crippen molar-refractivity contribution in [2.45, 2.75) is 19.8 Å². The lowest BCUT2D eigenvalue weighted by molar-refractivity contribution is -0.126. The lowest BCUT2D eigenvalue weighted by Crippen LogP contribution is -2.46. The Balaban J connectivity index is 0.00000288. The molecule has 0 saturated carbocycles. The second kappa shape index (κ2) is 10.0. The fraction of sp³-hybridized carbons (Fsp3) is 0.529. The van der Waals surface area contributed by atoms with Crippen molar-refractivity contribution in [3.8, 4) is 0 Å². The summed E-state index contributed by atoms with van der Waals surface area (Å²) in [4.78, 5) is 26.7. The Morgan fingerprint density at radius 3 is 2.75 bits per heavy atom. The van der Waals surface area contributed by atoms with Gasteiger partial charge in [0.05, 0.1) is 5.92 Å². The number of carbonyl (C=O) groups is 2. The van der Waals surface area contributed by atoms with Crippen molar-refractivity contribution in [1.82, 2.24) is 15.5 Å². The molecule has 5 nitrogen and oxygen atoms in total. The molecular weight excluding hydrogens is 394 g/mol. The van der Waals surface area contributed by atoms with Crippen molar-refractivity contribution >= 4 is 40.2 Å². The number of likely N-dealkylation sites (N-methyl/N-ethyl adjacent to an activating group) is 1. The first-order valence-corrected chi connectivity index (χ1v) is 8.80. The second-order valence-electron chi connectivity index (χ2n) is 5.94. The molecule has 1 aliphatic heterocycles. The highest BCUT2D eigenvalue weighted by Crippen LogP contribution is 2.22. The van der Waals surface area contributed by atoms with Gasteiger partial charge in [0.25, 0.3) is 5.91 Å². The van der Waals surface area contributed by atoms with Crippen LogP contribution in [0.5, 0.6) is 0 Å². The molecule has 0 radical (unpaired) electrons. The number of amides is 2. The predicted octanol–water partition coefficient (Wildman–Crippen LogP) is 2.37. The minimum atomic E-state index is -0.111. The van der Waals surface area contributed by atoms with E-state index in [0.717, 1.165) is 29.4 Å². The van der Waals surface area contributed by atoms with E-state index in [1.165, 1.54) is 0 Å². The van der Waals surface area contributed by atoms with Gasteiger partial charge >= 0.3 is 0 Å². The normalized spacial score (nSPS) is 17.1. The zero-order valence-electron chi connectivity index (χ0n) is 14.1. The zero-order valence-corrected chi connectivity index (χ0v) is 16.5. The van der Waals surface area contributed by atoms with E-state index in [2.05, 4.69) is 26.6 Å². The van der Waals surface area contributed by atoms with Crippen molar-refractivity contribution < 1.29 is 9.59 Å². The number of rotatable bonds is 5. The number of piperidine rings is 1. The van der Waals surface area contributed by atoms with Gasteiger partial charge in [-0.05, 0) is 50.6 Å². The molecule has 0 bridgehead atoms. The molecule has 2 N–H and O–H groups in total. The third-order valence-corrected chi connectivity index (χ3v) is 4.67. The fourth-order valence-electron chi connectivity index (χ4n) is 2.87. The lowest BCUT2D eigenvalue weighted by atomic mass is 9.96. The van der Waals surface area contributed by atoms with E-state index in [1.54, 1.807) is 0 Å². The highest BCUT2D eigenvalue weighted by molar-refractivity contribution is 9.10. The molecule has 2 rings (SSSR count). The molecule has 1 atom stereocenters. The first-order chi connectivity index (χ1) is 11.0. The van der Waals surface area contributed by atoms with Crippen LogP contribution in [0.3, 0.4) is 0 Å². The lowest BCUT2D eigenvalue weighted by Gasteiger charge is -2.32. The highest BCUT2D eigenvalue weighted by atomic mass is 79.9. The van der Waals surface area contributed by atoms with Crippen molar-refractivity contribution in [1.29, 1.82) is 0 Å². The third kappa shape index (κ3) is 5.46. The van der Waals surface area contributed by atoms with Crippen LogP contribution in [0.15, 0.2) is 22.7 Å². The molecular formula is C17H25BrClN3O2. The van der Waals surface area contributed by atoms with Gasteiger partial charge < -0.3 is 15.5 Å². The zero-order chi connectivity index (χ0) is 16.8. The Morgan fingerprint density at radius 2 is 2.08 bits per heavy atom. The second-order valence-corrected chi connectivity index (χ2v) is 6.86. The molecule has 134 valence electrons. The maximum absolute atomic E-state index is 12.7. The van der Waals surface area contributed by atoms with Crippen LogP contribution in [0, 0.1) is 12.8 Å². The van der Waals surface area contributed by atoms with Crippen LogP contribution in [0.4, 0.5) is 0 Å². The van der Waals surface area contributed by atoms with Crippen molar-refractivity contribution in [2.24, 2.45) is 5.92 Å². The molecule has 1 unspecified atom stereocenters. The molecule has 0 aliphatic carbocycles. The molecule has 2 amide bonds. The van der Waals surface area contributed by atoms with Crippen LogP contribution < -0.4 is 10.6 Å². The molecule has 0 aromatic heterocycles. The van der Waals surface area contributed by atoms with Gasteiger partial charge in [0.1, 0.15) is 0 Å². The largest absolute Gasteiger partial charge is 0.355 e. The van der Waals surface area contributed by atoms with Crippen LogP contribution in [0.25, 0.3) is 0 Å².